The van der Waals surface area contributed by atoms with Crippen molar-refractivity contribution < 1.29 is 8.42 Å². The first kappa shape index (κ1) is 14.9. The number of aromatic nitrogens is 4. The summed E-state index contributed by atoms with van der Waals surface area (Å²) in [5.74, 6) is 0. The van der Waals surface area contributed by atoms with Crippen LogP contribution in [0.25, 0.3) is 4.96 Å². The van der Waals surface area contributed by atoms with Gasteiger partial charge in [-0.3, -0.25) is 9.08 Å². The first-order chi connectivity index (χ1) is 11.1. The van der Waals surface area contributed by atoms with Gasteiger partial charge in [-0.25, -0.2) is 13.4 Å². The van der Waals surface area contributed by atoms with Crippen molar-refractivity contribution >= 4 is 26.3 Å². The third kappa shape index (κ3) is 2.39. The molecule has 0 aromatic carbocycles. The van der Waals surface area contributed by atoms with E-state index in [1.165, 1.54) is 17.5 Å². The quantitative estimate of drug-likeness (QED) is 0.724. The molecule has 1 fully saturated rings. The van der Waals surface area contributed by atoms with Crippen LogP contribution in [0, 0.1) is 0 Å². The molecule has 1 aliphatic heterocycles. The topological polar surface area (TPSA) is 72.5 Å². The highest BCUT2D eigenvalue weighted by atomic mass is 32.2. The van der Waals surface area contributed by atoms with Crippen LogP contribution in [0.2, 0.25) is 0 Å². The molecule has 3 aromatic rings. The van der Waals surface area contributed by atoms with Gasteiger partial charge >= 0.3 is 0 Å². The highest BCUT2D eigenvalue weighted by Crippen LogP contribution is 2.35. The molecular formula is C14H17N5O2S2. The molecule has 1 unspecified atom stereocenters. The third-order valence-corrected chi connectivity index (χ3v) is 6.90. The highest BCUT2D eigenvalue weighted by molar-refractivity contribution is 7.89. The van der Waals surface area contributed by atoms with Gasteiger partial charge in [-0.2, -0.15) is 9.40 Å². The van der Waals surface area contributed by atoms with Crippen LogP contribution >= 0.6 is 11.3 Å². The molecule has 122 valence electrons. The number of imidazole rings is 1. The smallest absolute Gasteiger partial charge is 0.261 e. The fraction of sp³-hybridized carbons (Fsp3) is 0.429. The second-order valence-corrected chi connectivity index (χ2v) is 8.44. The van der Waals surface area contributed by atoms with E-state index in [4.69, 9.17) is 0 Å². The van der Waals surface area contributed by atoms with Gasteiger partial charge in [-0.1, -0.05) is 6.42 Å². The summed E-state index contributed by atoms with van der Waals surface area (Å²) in [4.78, 5) is 4.89. The van der Waals surface area contributed by atoms with Crippen LogP contribution in [-0.4, -0.2) is 38.4 Å². The van der Waals surface area contributed by atoms with Crippen LogP contribution in [0.1, 0.15) is 30.9 Å². The summed E-state index contributed by atoms with van der Waals surface area (Å²) in [6, 6.07) is -0.161. The van der Waals surface area contributed by atoms with E-state index in [2.05, 4.69) is 10.1 Å². The summed E-state index contributed by atoms with van der Waals surface area (Å²) in [5.41, 5.74) is 0.946. The van der Waals surface area contributed by atoms with Crippen molar-refractivity contribution in [2.45, 2.75) is 30.3 Å². The van der Waals surface area contributed by atoms with Gasteiger partial charge < -0.3 is 0 Å². The zero-order chi connectivity index (χ0) is 16.0. The number of thiazole rings is 1. The van der Waals surface area contributed by atoms with Crippen LogP contribution in [0.4, 0.5) is 0 Å². The molecule has 1 atom stereocenters. The van der Waals surface area contributed by atoms with E-state index in [0.717, 1.165) is 24.8 Å². The third-order valence-electron chi connectivity index (χ3n) is 4.25. The average Bonchev–Trinajstić information content (AvgIpc) is 3.23. The van der Waals surface area contributed by atoms with E-state index in [1.54, 1.807) is 25.8 Å². The molecule has 7 nitrogen and oxygen atoms in total. The van der Waals surface area contributed by atoms with Gasteiger partial charge in [-0.15, -0.1) is 11.3 Å². The average molecular weight is 351 g/mol. The normalized spacial score (nSPS) is 20.3. The second-order valence-electron chi connectivity index (χ2n) is 5.73. The Morgan fingerprint density at radius 1 is 1.30 bits per heavy atom. The molecule has 0 amide bonds. The predicted molar refractivity (Wildman–Crippen MR) is 86.8 cm³/mol. The largest absolute Gasteiger partial charge is 0.280 e. The van der Waals surface area contributed by atoms with E-state index >= 15 is 0 Å². The lowest BCUT2D eigenvalue weighted by molar-refractivity contribution is 0.255. The number of nitrogens with zero attached hydrogens (tertiary/aromatic N) is 5. The number of piperidine rings is 1. The maximum atomic E-state index is 13.2. The molecule has 0 saturated carbocycles. The molecule has 3 aromatic heterocycles. The summed E-state index contributed by atoms with van der Waals surface area (Å²) in [7, 11) is -1.76. The van der Waals surface area contributed by atoms with Crippen molar-refractivity contribution in [1.29, 1.82) is 0 Å². The zero-order valence-electron chi connectivity index (χ0n) is 12.7. The van der Waals surface area contributed by atoms with Crippen molar-refractivity contribution in [3.8, 4) is 0 Å². The number of hydrogen-bond acceptors (Lipinski definition) is 5. The van der Waals surface area contributed by atoms with Crippen molar-refractivity contribution in [2.24, 2.45) is 7.05 Å². The Kier molecular flexibility index (Phi) is 3.51. The van der Waals surface area contributed by atoms with Gasteiger partial charge in [0, 0.05) is 36.9 Å². The summed E-state index contributed by atoms with van der Waals surface area (Å²) in [6.07, 6.45) is 9.58. The van der Waals surface area contributed by atoms with Gasteiger partial charge in [0.2, 0.25) is 0 Å². The lowest BCUT2D eigenvalue weighted by atomic mass is 10.0. The standard InChI is InChI=1S/C14H17N5O2S2/c1-17-10-11(8-16-17)12-4-2-3-5-19(12)23(20,21)13-9-15-14-18(13)6-7-22-14/h6-10,12H,2-5H2,1H3. The van der Waals surface area contributed by atoms with Gasteiger partial charge in [0.1, 0.15) is 0 Å². The number of rotatable bonds is 3. The Labute approximate surface area is 138 Å². The van der Waals surface area contributed by atoms with E-state index in [0.29, 0.717) is 11.5 Å². The minimum Gasteiger partial charge on any atom is -0.280 e. The zero-order valence-corrected chi connectivity index (χ0v) is 14.3. The molecule has 4 heterocycles. The van der Waals surface area contributed by atoms with Gasteiger partial charge in [0.05, 0.1) is 18.4 Å². The van der Waals surface area contributed by atoms with Crippen LogP contribution in [-0.2, 0) is 17.1 Å². The van der Waals surface area contributed by atoms with Crippen molar-refractivity contribution in [3.05, 3.63) is 35.7 Å². The maximum absolute atomic E-state index is 13.2. The lowest BCUT2D eigenvalue weighted by Gasteiger charge is -2.33. The minimum atomic E-state index is -3.60. The predicted octanol–water partition coefficient (Wildman–Crippen LogP) is 2.05. The molecule has 0 spiro atoms. The molecule has 1 saturated heterocycles. The SMILES string of the molecule is Cn1cc(C2CCCCN2S(=O)(=O)c2cnc3sccn23)cn1. The first-order valence-electron chi connectivity index (χ1n) is 7.48. The van der Waals surface area contributed by atoms with Gasteiger partial charge in [-0.05, 0) is 12.8 Å². The van der Waals surface area contributed by atoms with Crippen LogP contribution in [0.3, 0.4) is 0 Å². The van der Waals surface area contributed by atoms with Crippen LogP contribution in [0.5, 0.6) is 0 Å². The summed E-state index contributed by atoms with van der Waals surface area (Å²) in [5, 5.41) is 6.28. The molecule has 23 heavy (non-hydrogen) atoms. The Balaban J connectivity index is 1.78. The fourth-order valence-corrected chi connectivity index (χ4v) is 5.66. The molecule has 4 rings (SSSR count). The van der Waals surface area contributed by atoms with E-state index in [1.807, 2.05) is 18.6 Å². The highest BCUT2D eigenvalue weighted by Gasteiger charge is 2.36. The second kappa shape index (κ2) is 5.43. The van der Waals surface area contributed by atoms with Crippen molar-refractivity contribution in [3.63, 3.8) is 0 Å². The Morgan fingerprint density at radius 3 is 2.96 bits per heavy atom. The number of sulfonamides is 1. The molecule has 1 aliphatic rings. The van der Waals surface area contributed by atoms with E-state index in [9.17, 15) is 8.42 Å². The molecule has 0 N–H and O–H groups in total. The fourth-order valence-electron chi connectivity index (χ4n) is 3.15. The molecule has 0 bridgehead atoms. The van der Waals surface area contributed by atoms with E-state index < -0.39 is 10.0 Å². The molecular weight excluding hydrogens is 334 g/mol. The Morgan fingerprint density at radius 2 is 2.17 bits per heavy atom. The maximum Gasteiger partial charge on any atom is 0.261 e. The van der Waals surface area contributed by atoms with Crippen LogP contribution < -0.4 is 0 Å². The number of hydrogen-bond donors (Lipinski definition) is 0. The number of fused-ring (bicyclic) bond motifs is 1. The van der Waals surface area contributed by atoms with Gasteiger partial charge in [0.15, 0.2) is 9.99 Å². The lowest BCUT2D eigenvalue weighted by Crippen LogP contribution is -2.38. The molecule has 9 heteroatoms. The van der Waals surface area contributed by atoms with Gasteiger partial charge in [0.25, 0.3) is 10.0 Å². The minimum absolute atomic E-state index is 0.161. The Bertz CT molecular complexity index is 939. The molecule has 0 aliphatic carbocycles. The van der Waals surface area contributed by atoms with E-state index in [-0.39, 0.29) is 11.1 Å². The Hall–Kier alpha value is -1.71. The number of aryl methyl sites for hydroxylation is 1. The van der Waals surface area contributed by atoms with Crippen LogP contribution in [0.15, 0.2) is 35.2 Å². The summed E-state index contributed by atoms with van der Waals surface area (Å²) in [6.45, 7) is 0.527. The first-order valence-corrected chi connectivity index (χ1v) is 9.80. The van der Waals surface area contributed by atoms with Crippen molar-refractivity contribution in [2.75, 3.05) is 6.54 Å². The molecule has 0 radical (unpaired) electrons. The van der Waals surface area contributed by atoms with Crippen molar-refractivity contribution in [1.82, 2.24) is 23.5 Å². The summed E-state index contributed by atoms with van der Waals surface area (Å²) >= 11 is 1.43. The monoisotopic (exact) mass is 351 g/mol. The summed E-state index contributed by atoms with van der Waals surface area (Å²) < 4.78 is 31.4.